The minimum absolute atomic E-state index is 0.0992. The van der Waals surface area contributed by atoms with Crippen LogP contribution in [0.15, 0.2) is 67.8 Å². The number of methoxy groups -OCH3 is 1. The van der Waals surface area contributed by atoms with Crippen molar-refractivity contribution >= 4 is 5.91 Å². The highest BCUT2D eigenvalue weighted by molar-refractivity contribution is 5.80. The van der Waals surface area contributed by atoms with Gasteiger partial charge in [-0.05, 0) is 36.9 Å². The van der Waals surface area contributed by atoms with Gasteiger partial charge in [-0.2, -0.15) is 0 Å². The minimum Gasteiger partial charge on any atom is -0.383 e. The van der Waals surface area contributed by atoms with Crippen molar-refractivity contribution in [3.05, 3.63) is 84.4 Å². The van der Waals surface area contributed by atoms with Crippen LogP contribution in [-0.2, 0) is 9.53 Å². The topological polar surface area (TPSA) is 41.6 Å². The van der Waals surface area contributed by atoms with Crippen LogP contribution in [0.2, 0.25) is 0 Å². The van der Waals surface area contributed by atoms with Crippen LogP contribution < -0.4 is 5.32 Å². The van der Waals surface area contributed by atoms with E-state index in [0.29, 0.717) is 19.1 Å². The average molecular weight is 377 g/mol. The third kappa shape index (κ3) is 5.32. The zero-order chi connectivity index (χ0) is 20.4. The fourth-order valence-corrected chi connectivity index (χ4v) is 3.27. The van der Waals surface area contributed by atoms with E-state index in [2.05, 4.69) is 42.4 Å². The lowest BCUT2D eigenvalue weighted by molar-refractivity contribution is -0.141. The van der Waals surface area contributed by atoms with Crippen LogP contribution >= 0.6 is 0 Å². The number of hydrogen-bond donors (Lipinski definition) is 1. The maximum atomic E-state index is 12.2. The maximum Gasteiger partial charge on any atom is 0.236 e. The average Bonchev–Trinajstić information content (AvgIpc) is 2.73. The molecule has 4 heteroatoms. The van der Waals surface area contributed by atoms with Gasteiger partial charge in [-0.3, -0.25) is 4.79 Å². The van der Waals surface area contributed by atoms with E-state index in [0.717, 1.165) is 17.7 Å². The largest absolute Gasteiger partial charge is 0.383 e. The molecule has 2 aromatic carbocycles. The molecule has 0 aliphatic carbocycles. The molecule has 3 rings (SSSR count). The Morgan fingerprint density at radius 2 is 1.71 bits per heavy atom. The number of nitrogens with zero attached hydrogens (tertiary/aromatic N) is 1. The van der Waals surface area contributed by atoms with E-state index in [1.807, 2.05) is 47.4 Å². The first kappa shape index (κ1) is 21.4. The fraction of sp³-hybridized carbons (Fsp3) is 0.292. The summed E-state index contributed by atoms with van der Waals surface area (Å²) in [5.41, 5.74) is 3.23. The molecule has 1 aliphatic rings. The molecule has 1 N–H and O–H groups in total. The van der Waals surface area contributed by atoms with E-state index in [9.17, 15) is 4.79 Å². The van der Waals surface area contributed by atoms with E-state index < -0.39 is 0 Å². The molecule has 1 amide bonds. The van der Waals surface area contributed by atoms with E-state index >= 15 is 0 Å². The lowest BCUT2D eigenvalue weighted by Gasteiger charge is -2.48. The number of carbonyl (C=O) groups is 1. The van der Waals surface area contributed by atoms with E-state index in [1.165, 1.54) is 5.56 Å². The predicted octanol–water partition coefficient (Wildman–Crippen LogP) is 3.05. The van der Waals surface area contributed by atoms with Gasteiger partial charge in [0.25, 0.3) is 0 Å². The van der Waals surface area contributed by atoms with Crippen molar-refractivity contribution in [1.29, 1.82) is 0 Å². The van der Waals surface area contributed by atoms with Crippen LogP contribution in [0.25, 0.3) is 0 Å². The number of likely N-dealkylation sites (N-methyl/N-ethyl adjacent to an activating group) is 1. The molecule has 4 nitrogen and oxygen atoms in total. The van der Waals surface area contributed by atoms with E-state index in [-0.39, 0.29) is 11.9 Å². The van der Waals surface area contributed by atoms with Gasteiger partial charge in [0.2, 0.25) is 5.91 Å². The summed E-state index contributed by atoms with van der Waals surface area (Å²) < 4.78 is 5.33. The summed E-state index contributed by atoms with van der Waals surface area (Å²) in [5, 5.41) is 2.92. The van der Waals surface area contributed by atoms with Gasteiger partial charge in [0.05, 0.1) is 19.2 Å². The highest BCUT2D eigenvalue weighted by Gasteiger charge is 2.42. The molecule has 2 unspecified atom stereocenters. The second-order valence-electron chi connectivity index (χ2n) is 6.44. The fourth-order valence-electron chi connectivity index (χ4n) is 3.27. The zero-order valence-electron chi connectivity index (χ0n) is 16.7. The Balaban J connectivity index is 0.00000136. The van der Waals surface area contributed by atoms with Gasteiger partial charge in [-0.25, -0.2) is 0 Å². The lowest BCUT2D eigenvalue weighted by Crippen LogP contribution is -2.60. The van der Waals surface area contributed by atoms with Crippen LogP contribution in [-0.4, -0.2) is 50.7 Å². The van der Waals surface area contributed by atoms with Crippen molar-refractivity contribution in [2.45, 2.75) is 12.0 Å². The summed E-state index contributed by atoms with van der Waals surface area (Å²) in [4.78, 5) is 14.0. The number of nitrogens with one attached hydrogen (secondary N) is 1. The standard InChI is InChI=1S/C22H24N2O2.C2H4/c1-23-14-22(25)24-15-20(21(24)16-26-2)19-12-10-18(11-13-19)9-8-17-6-4-3-5-7-17;1-2/h3-7,10-13,20-21,23H,14-16H2,1-2H3;1-2H2. The van der Waals surface area contributed by atoms with Gasteiger partial charge in [0.1, 0.15) is 0 Å². The Labute approximate surface area is 168 Å². The summed E-state index contributed by atoms with van der Waals surface area (Å²) in [6, 6.07) is 18.4. The van der Waals surface area contributed by atoms with Crippen molar-refractivity contribution in [2.75, 3.05) is 33.9 Å². The molecule has 0 radical (unpaired) electrons. The Bertz CT molecular complexity index is 806. The monoisotopic (exact) mass is 376 g/mol. The second-order valence-corrected chi connectivity index (χ2v) is 6.44. The normalized spacial score (nSPS) is 17.4. The minimum atomic E-state index is 0.0992. The number of carbonyl (C=O) groups excluding carboxylic acids is 1. The Morgan fingerprint density at radius 1 is 1.11 bits per heavy atom. The van der Waals surface area contributed by atoms with Gasteiger partial charge in [0, 0.05) is 30.7 Å². The molecule has 0 spiro atoms. The Morgan fingerprint density at radius 3 is 2.29 bits per heavy atom. The lowest BCUT2D eigenvalue weighted by atomic mass is 9.82. The molecule has 28 heavy (non-hydrogen) atoms. The van der Waals surface area contributed by atoms with Crippen LogP contribution in [0.5, 0.6) is 0 Å². The predicted molar refractivity (Wildman–Crippen MR) is 114 cm³/mol. The Kier molecular flexibility index (Phi) is 8.48. The first-order chi connectivity index (χ1) is 13.7. The van der Waals surface area contributed by atoms with Crippen molar-refractivity contribution < 1.29 is 9.53 Å². The molecule has 0 saturated carbocycles. The smallest absolute Gasteiger partial charge is 0.236 e. The molecule has 1 aliphatic heterocycles. The molecular weight excluding hydrogens is 348 g/mol. The number of ether oxygens (including phenoxy) is 1. The number of benzene rings is 2. The van der Waals surface area contributed by atoms with Gasteiger partial charge in [0.15, 0.2) is 0 Å². The van der Waals surface area contributed by atoms with Gasteiger partial charge >= 0.3 is 0 Å². The molecular formula is C24H28N2O2. The highest BCUT2D eigenvalue weighted by Crippen LogP contribution is 2.34. The van der Waals surface area contributed by atoms with Crippen LogP contribution in [0, 0.1) is 11.8 Å². The van der Waals surface area contributed by atoms with Gasteiger partial charge < -0.3 is 15.0 Å². The molecule has 2 aromatic rings. The van der Waals surface area contributed by atoms with Crippen LogP contribution in [0.4, 0.5) is 0 Å². The summed E-state index contributed by atoms with van der Waals surface area (Å²) >= 11 is 0. The molecule has 0 aromatic heterocycles. The second kappa shape index (κ2) is 11.1. The van der Waals surface area contributed by atoms with Crippen molar-refractivity contribution in [3.63, 3.8) is 0 Å². The van der Waals surface area contributed by atoms with Crippen molar-refractivity contribution in [3.8, 4) is 11.8 Å². The molecule has 1 heterocycles. The SMILES string of the molecule is C=C.CNCC(=O)N1CC(c2ccc(C#Cc3ccccc3)cc2)C1COC. The quantitative estimate of drug-likeness (QED) is 0.644. The first-order valence-corrected chi connectivity index (χ1v) is 9.33. The number of likely N-dealkylation sites (tertiary alicyclic amines) is 1. The number of rotatable bonds is 5. The van der Waals surface area contributed by atoms with Gasteiger partial charge in [-0.1, -0.05) is 42.2 Å². The molecule has 0 bridgehead atoms. The first-order valence-electron chi connectivity index (χ1n) is 9.33. The van der Waals surface area contributed by atoms with E-state index in [1.54, 1.807) is 14.2 Å². The van der Waals surface area contributed by atoms with E-state index in [4.69, 9.17) is 4.74 Å². The summed E-state index contributed by atoms with van der Waals surface area (Å²) in [5.74, 6) is 6.80. The third-order valence-electron chi connectivity index (χ3n) is 4.71. The molecule has 1 fully saturated rings. The van der Waals surface area contributed by atoms with Crippen LogP contribution in [0.1, 0.15) is 22.6 Å². The summed E-state index contributed by atoms with van der Waals surface area (Å²) in [7, 11) is 3.47. The van der Waals surface area contributed by atoms with Crippen molar-refractivity contribution in [2.24, 2.45) is 0 Å². The zero-order valence-corrected chi connectivity index (χ0v) is 16.7. The number of hydrogen-bond acceptors (Lipinski definition) is 3. The Hall–Kier alpha value is -2.87. The summed E-state index contributed by atoms with van der Waals surface area (Å²) in [6.45, 7) is 7.65. The molecule has 146 valence electrons. The van der Waals surface area contributed by atoms with Crippen molar-refractivity contribution in [1.82, 2.24) is 10.2 Å². The maximum absolute atomic E-state index is 12.2. The molecule has 2 atom stereocenters. The molecule has 1 saturated heterocycles. The number of amides is 1. The van der Waals surface area contributed by atoms with Gasteiger partial charge in [-0.15, -0.1) is 13.2 Å². The highest BCUT2D eigenvalue weighted by atomic mass is 16.5. The summed E-state index contributed by atoms with van der Waals surface area (Å²) in [6.07, 6.45) is 0. The third-order valence-corrected chi connectivity index (χ3v) is 4.71. The van der Waals surface area contributed by atoms with Crippen LogP contribution in [0.3, 0.4) is 0 Å².